The molecule has 0 radical (unpaired) electrons. The Hall–Kier alpha value is -1.82. The third-order valence-electron chi connectivity index (χ3n) is 3.52. The second-order valence-electron chi connectivity index (χ2n) is 5.47. The highest BCUT2D eigenvalue weighted by Crippen LogP contribution is 2.30. The van der Waals surface area contributed by atoms with Crippen LogP contribution in [0.25, 0.3) is 10.9 Å². The van der Waals surface area contributed by atoms with E-state index in [-0.39, 0.29) is 11.2 Å². The number of amides is 1. The van der Waals surface area contributed by atoms with Crippen LogP contribution in [0.4, 0.5) is 5.69 Å². The number of para-hydroxylation sites is 1. The zero-order chi connectivity index (χ0) is 18.0. The summed E-state index contributed by atoms with van der Waals surface area (Å²) in [5, 5.41) is 5.11. The maximum atomic E-state index is 12.5. The van der Waals surface area contributed by atoms with Gasteiger partial charge in [-0.2, -0.15) is 0 Å². The standard InChI is InChI=1S/C18H15Cl2N3OS/c1-10(17(24)23-16-9-12(19)7-8-14(16)20)25-18-13-5-3-4-6-15(13)21-11(2)22-18/h3-10H,1-2H3,(H,23,24). The Morgan fingerprint density at radius 2 is 1.92 bits per heavy atom. The van der Waals surface area contributed by atoms with E-state index in [1.165, 1.54) is 11.8 Å². The van der Waals surface area contributed by atoms with Crippen molar-refractivity contribution in [2.45, 2.75) is 24.1 Å². The van der Waals surface area contributed by atoms with Crippen molar-refractivity contribution in [1.82, 2.24) is 9.97 Å². The van der Waals surface area contributed by atoms with E-state index in [0.717, 1.165) is 15.9 Å². The average molecular weight is 392 g/mol. The van der Waals surface area contributed by atoms with Gasteiger partial charge in [0.25, 0.3) is 0 Å². The molecule has 0 saturated heterocycles. The van der Waals surface area contributed by atoms with E-state index in [9.17, 15) is 4.79 Å². The van der Waals surface area contributed by atoms with Crippen LogP contribution in [0.2, 0.25) is 10.0 Å². The van der Waals surface area contributed by atoms with Gasteiger partial charge in [0.05, 0.1) is 21.5 Å². The fourth-order valence-electron chi connectivity index (χ4n) is 2.30. The molecule has 1 unspecified atom stereocenters. The number of aromatic nitrogens is 2. The van der Waals surface area contributed by atoms with Crippen LogP contribution in [0, 0.1) is 6.92 Å². The van der Waals surface area contributed by atoms with Crippen LogP contribution < -0.4 is 5.32 Å². The number of benzene rings is 2. The fraction of sp³-hybridized carbons (Fsp3) is 0.167. The van der Waals surface area contributed by atoms with Gasteiger partial charge in [-0.3, -0.25) is 4.79 Å². The molecule has 3 rings (SSSR count). The van der Waals surface area contributed by atoms with Crippen LogP contribution in [0.3, 0.4) is 0 Å². The van der Waals surface area contributed by atoms with Crippen molar-refractivity contribution in [2.24, 2.45) is 0 Å². The number of halogens is 2. The molecule has 1 N–H and O–H groups in total. The Kier molecular flexibility index (Phi) is 5.47. The zero-order valence-corrected chi connectivity index (χ0v) is 15.9. The summed E-state index contributed by atoms with van der Waals surface area (Å²) >= 11 is 13.4. The van der Waals surface area contributed by atoms with Gasteiger partial charge in [-0.05, 0) is 38.1 Å². The van der Waals surface area contributed by atoms with Gasteiger partial charge in [-0.1, -0.05) is 53.2 Å². The van der Waals surface area contributed by atoms with E-state index in [2.05, 4.69) is 15.3 Å². The van der Waals surface area contributed by atoms with Gasteiger partial charge in [0.2, 0.25) is 5.91 Å². The van der Waals surface area contributed by atoms with Crippen molar-refractivity contribution >= 4 is 57.5 Å². The number of nitrogens with zero attached hydrogens (tertiary/aromatic N) is 2. The Bertz CT molecular complexity index is 949. The van der Waals surface area contributed by atoms with Crippen LogP contribution in [0.15, 0.2) is 47.5 Å². The molecule has 0 bridgehead atoms. The summed E-state index contributed by atoms with van der Waals surface area (Å²) in [5.41, 5.74) is 1.36. The predicted molar refractivity (Wildman–Crippen MR) is 105 cm³/mol. The molecule has 7 heteroatoms. The van der Waals surface area contributed by atoms with Crippen LogP contribution in [-0.2, 0) is 4.79 Å². The minimum Gasteiger partial charge on any atom is -0.324 e. The molecule has 3 aromatic rings. The highest BCUT2D eigenvalue weighted by molar-refractivity contribution is 8.00. The second kappa shape index (κ2) is 7.60. The van der Waals surface area contributed by atoms with Gasteiger partial charge >= 0.3 is 0 Å². The summed E-state index contributed by atoms with van der Waals surface area (Å²) in [7, 11) is 0. The van der Waals surface area contributed by atoms with Gasteiger partial charge in [-0.15, -0.1) is 0 Å². The lowest BCUT2D eigenvalue weighted by Crippen LogP contribution is -2.22. The highest BCUT2D eigenvalue weighted by Gasteiger charge is 2.18. The van der Waals surface area contributed by atoms with Gasteiger partial charge in [0.1, 0.15) is 10.9 Å². The molecule has 1 amide bonds. The molecule has 1 aromatic heterocycles. The second-order valence-corrected chi connectivity index (χ2v) is 7.64. The number of thioether (sulfide) groups is 1. The molecule has 2 aromatic carbocycles. The third kappa shape index (κ3) is 4.24. The number of rotatable bonds is 4. The third-order valence-corrected chi connectivity index (χ3v) is 5.19. The lowest BCUT2D eigenvalue weighted by Gasteiger charge is -2.14. The zero-order valence-electron chi connectivity index (χ0n) is 13.6. The topological polar surface area (TPSA) is 54.9 Å². The van der Waals surface area contributed by atoms with E-state index in [1.54, 1.807) is 18.2 Å². The van der Waals surface area contributed by atoms with Crippen molar-refractivity contribution in [3.8, 4) is 0 Å². The molecule has 1 atom stereocenters. The van der Waals surface area contributed by atoms with Crippen LogP contribution in [0.5, 0.6) is 0 Å². The van der Waals surface area contributed by atoms with Crippen LogP contribution >= 0.6 is 35.0 Å². The molecule has 4 nitrogen and oxygen atoms in total. The monoisotopic (exact) mass is 391 g/mol. The predicted octanol–water partition coefficient (Wildman–Crippen LogP) is 5.36. The Morgan fingerprint density at radius 1 is 1.16 bits per heavy atom. The van der Waals surface area contributed by atoms with Crippen molar-refractivity contribution in [2.75, 3.05) is 5.32 Å². The van der Waals surface area contributed by atoms with Crippen molar-refractivity contribution in [3.63, 3.8) is 0 Å². The molecule has 0 saturated carbocycles. The largest absolute Gasteiger partial charge is 0.324 e. The summed E-state index contributed by atoms with van der Waals surface area (Å²) in [6, 6.07) is 12.7. The van der Waals surface area contributed by atoms with E-state index in [4.69, 9.17) is 23.2 Å². The lowest BCUT2D eigenvalue weighted by molar-refractivity contribution is -0.115. The van der Waals surface area contributed by atoms with Gasteiger partial charge in [0.15, 0.2) is 0 Å². The summed E-state index contributed by atoms with van der Waals surface area (Å²) in [6.07, 6.45) is 0. The van der Waals surface area contributed by atoms with Gasteiger partial charge < -0.3 is 5.32 Å². The maximum absolute atomic E-state index is 12.5. The first-order chi connectivity index (χ1) is 11.9. The first-order valence-electron chi connectivity index (χ1n) is 7.60. The number of fused-ring (bicyclic) bond motifs is 1. The van der Waals surface area contributed by atoms with E-state index >= 15 is 0 Å². The number of carbonyl (C=O) groups is 1. The van der Waals surface area contributed by atoms with E-state index in [0.29, 0.717) is 21.6 Å². The summed E-state index contributed by atoms with van der Waals surface area (Å²) < 4.78 is 0. The summed E-state index contributed by atoms with van der Waals surface area (Å²) in [6.45, 7) is 3.66. The maximum Gasteiger partial charge on any atom is 0.237 e. The number of hydrogen-bond acceptors (Lipinski definition) is 4. The molecule has 0 fully saturated rings. The smallest absolute Gasteiger partial charge is 0.237 e. The number of aryl methyl sites for hydroxylation is 1. The Morgan fingerprint density at radius 3 is 2.72 bits per heavy atom. The van der Waals surface area contributed by atoms with E-state index in [1.807, 2.05) is 38.1 Å². The Balaban J connectivity index is 1.81. The minimum absolute atomic E-state index is 0.172. The number of carbonyl (C=O) groups excluding carboxylic acids is 1. The number of nitrogens with one attached hydrogen (secondary N) is 1. The molecule has 0 spiro atoms. The quantitative estimate of drug-likeness (QED) is 0.480. The minimum atomic E-state index is -0.368. The van der Waals surface area contributed by atoms with Crippen molar-refractivity contribution in [1.29, 1.82) is 0 Å². The molecule has 0 aliphatic rings. The van der Waals surface area contributed by atoms with Crippen LogP contribution in [0.1, 0.15) is 12.7 Å². The lowest BCUT2D eigenvalue weighted by atomic mass is 10.2. The first kappa shape index (κ1) is 18.0. The highest BCUT2D eigenvalue weighted by atomic mass is 35.5. The van der Waals surface area contributed by atoms with Crippen LogP contribution in [-0.4, -0.2) is 21.1 Å². The average Bonchev–Trinajstić information content (AvgIpc) is 2.58. The van der Waals surface area contributed by atoms with Crippen molar-refractivity contribution < 1.29 is 4.79 Å². The molecular formula is C18H15Cl2N3OS. The van der Waals surface area contributed by atoms with E-state index < -0.39 is 0 Å². The number of anilines is 1. The first-order valence-corrected chi connectivity index (χ1v) is 9.23. The SMILES string of the molecule is Cc1nc(SC(C)C(=O)Nc2cc(Cl)ccc2Cl)c2ccccc2n1. The molecule has 1 heterocycles. The molecular weight excluding hydrogens is 377 g/mol. The molecule has 0 aliphatic carbocycles. The normalized spacial score (nSPS) is 12.2. The van der Waals surface area contributed by atoms with Gasteiger partial charge in [0, 0.05) is 10.4 Å². The van der Waals surface area contributed by atoms with Crippen molar-refractivity contribution in [3.05, 3.63) is 58.3 Å². The molecule has 0 aliphatic heterocycles. The molecule has 128 valence electrons. The summed E-state index contributed by atoms with van der Waals surface area (Å²) in [4.78, 5) is 21.4. The van der Waals surface area contributed by atoms with Gasteiger partial charge in [-0.25, -0.2) is 9.97 Å². The fourth-order valence-corrected chi connectivity index (χ4v) is 3.62. The Labute approximate surface area is 160 Å². The summed E-state index contributed by atoms with van der Waals surface area (Å²) in [5.74, 6) is 0.501. The molecule has 25 heavy (non-hydrogen) atoms. The number of hydrogen-bond donors (Lipinski definition) is 1.